The van der Waals surface area contributed by atoms with Gasteiger partial charge in [0.2, 0.25) is 0 Å². The van der Waals surface area contributed by atoms with Crippen molar-refractivity contribution in [2.45, 2.75) is 4.90 Å². The fraction of sp³-hybridized carbons (Fsp3) is 0.0833. The van der Waals surface area contributed by atoms with Crippen molar-refractivity contribution in [3.8, 4) is 0 Å². The summed E-state index contributed by atoms with van der Waals surface area (Å²) < 4.78 is 16.5. The van der Waals surface area contributed by atoms with Crippen molar-refractivity contribution in [1.82, 2.24) is 0 Å². The van der Waals surface area contributed by atoms with Crippen molar-refractivity contribution < 1.29 is 4.21 Å². The van der Waals surface area contributed by atoms with Gasteiger partial charge in [0.25, 0.3) is 0 Å². The van der Waals surface area contributed by atoms with Gasteiger partial charge in [0.15, 0.2) is 0 Å². The number of nitrogens with zero attached hydrogens (tertiary/aromatic N) is 1. The first-order chi connectivity index (χ1) is 7.18. The molecule has 0 bridgehead atoms. The Morgan fingerprint density at radius 3 is 2.27 bits per heavy atom. The van der Waals surface area contributed by atoms with Gasteiger partial charge in [-0.15, -0.1) is 0 Å². The van der Waals surface area contributed by atoms with Crippen LogP contribution in [-0.4, -0.2) is 10.5 Å². The predicted octanol–water partition coefficient (Wildman–Crippen LogP) is 2.51. The summed E-state index contributed by atoms with van der Waals surface area (Å²) in [5.74, 6) is 0. The molecule has 0 spiro atoms. The molecule has 15 heavy (non-hydrogen) atoms. The van der Waals surface area contributed by atoms with Crippen molar-refractivity contribution in [3.63, 3.8) is 0 Å². The van der Waals surface area contributed by atoms with Crippen LogP contribution < -0.4 is 0 Å². The van der Waals surface area contributed by atoms with Gasteiger partial charge in [-0.2, -0.15) is 0 Å². The SMILES string of the molecule is CS(=O)(=N[C]1[CH][CH][CH][CH]1)c1ccccc1. The van der Waals surface area contributed by atoms with Gasteiger partial charge in [-0.3, -0.25) is 0 Å². The van der Waals surface area contributed by atoms with Crippen LogP contribution in [0.15, 0.2) is 39.6 Å². The molecule has 1 aromatic carbocycles. The molecule has 0 N–H and O–H groups in total. The third kappa shape index (κ3) is 2.59. The summed E-state index contributed by atoms with van der Waals surface area (Å²) in [6.45, 7) is 0. The molecule has 77 valence electrons. The van der Waals surface area contributed by atoms with Crippen LogP contribution in [0, 0.1) is 31.7 Å². The highest BCUT2D eigenvalue weighted by Crippen LogP contribution is 2.27. The highest BCUT2D eigenvalue weighted by molar-refractivity contribution is 7.93. The molecule has 1 aromatic rings. The maximum absolute atomic E-state index is 12.3. The fourth-order valence-corrected chi connectivity index (χ4v) is 2.64. The number of benzene rings is 1. The molecule has 5 radical (unpaired) electrons. The van der Waals surface area contributed by atoms with Gasteiger partial charge in [0, 0.05) is 11.2 Å². The molecule has 0 heterocycles. The minimum atomic E-state index is -2.31. The summed E-state index contributed by atoms with van der Waals surface area (Å²) >= 11 is 0. The average Bonchev–Trinajstić information content (AvgIpc) is 2.71. The summed E-state index contributed by atoms with van der Waals surface area (Å²) in [5, 5.41) is 0. The molecule has 2 rings (SSSR count). The molecular formula is C12H12NOS. The van der Waals surface area contributed by atoms with E-state index in [1.54, 1.807) is 6.26 Å². The van der Waals surface area contributed by atoms with Crippen molar-refractivity contribution in [3.05, 3.63) is 62.1 Å². The van der Waals surface area contributed by atoms with Crippen molar-refractivity contribution in [1.29, 1.82) is 0 Å². The maximum Gasteiger partial charge on any atom is 0.104 e. The first-order valence-corrected chi connectivity index (χ1v) is 6.60. The smallest absolute Gasteiger partial charge is 0.104 e. The highest BCUT2D eigenvalue weighted by atomic mass is 32.2. The van der Waals surface area contributed by atoms with Gasteiger partial charge in [-0.25, -0.2) is 8.57 Å². The lowest BCUT2D eigenvalue weighted by Gasteiger charge is -2.07. The fourth-order valence-electron chi connectivity index (χ4n) is 1.35. The van der Waals surface area contributed by atoms with Crippen LogP contribution in [-0.2, 0) is 9.73 Å². The molecule has 1 fully saturated rings. The zero-order chi connectivity index (χ0) is 10.7. The predicted molar refractivity (Wildman–Crippen MR) is 61.6 cm³/mol. The van der Waals surface area contributed by atoms with E-state index in [9.17, 15) is 4.21 Å². The Kier molecular flexibility index (Phi) is 3.10. The quantitative estimate of drug-likeness (QED) is 0.750. The van der Waals surface area contributed by atoms with Gasteiger partial charge in [0.1, 0.15) is 6.04 Å². The molecule has 1 aliphatic carbocycles. The van der Waals surface area contributed by atoms with Gasteiger partial charge >= 0.3 is 0 Å². The summed E-state index contributed by atoms with van der Waals surface area (Å²) in [4.78, 5) is 0.770. The van der Waals surface area contributed by atoms with E-state index < -0.39 is 9.73 Å². The minimum Gasteiger partial charge on any atom is -0.245 e. The van der Waals surface area contributed by atoms with Crippen LogP contribution >= 0.6 is 0 Å². The average molecular weight is 218 g/mol. The third-order valence-corrected chi connectivity index (χ3v) is 3.81. The van der Waals surface area contributed by atoms with Crippen LogP contribution in [0.4, 0.5) is 0 Å². The molecular weight excluding hydrogens is 206 g/mol. The van der Waals surface area contributed by atoms with E-state index in [1.807, 2.05) is 56.0 Å². The lowest BCUT2D eigenvalue weighted by molar-refractivity contribution is 0.679. The second kappa shape index (κ2) is 4.35. The normalized spacial score (nSPS) is 21.1. The number of hydrogen-bond acceptors (Lipinski definition) is 2. The van der Waals surface area contributed by atoms with Crippen LogP contribution in [0.5, 0.6) is 0 Å². The van der Waals surface area contributed by atoms with E-state index in [0.717, 1.165) is 10.9 Å². The third-order valence-electron chi connectivity index (χ3n) is 2.11. The standard InChI is InChI=1S/C12H12NOS/c1-15(14,12-9-3-2-4-10-12)13-11-7-5-6-8-11/h2-10H,1H3. The van der Waals surface area contributed by atoms with Crippen LogP contribution in [0.2, 0.25) is 0 Å². The Hall–Kier alpha value is -0.830. The van der Waals surface area contributed by atoms with Crippen molar-refractivity contribution in [2.24, 2.45) is 4.36 Å². The van der Waals surface area contributed by atoms with E-state index >= 15 is 0 Å². The molecule has 1 aliphatic rings. The molecule has 0 aliphatic heterocycles. The molecule has 3 heteroatoms. The highest BCUT2D eigenvalue weighted by Gasteiger charge is 2.18. The van der Waals surface area contributed by atoms with Crippen LogP contribution in [0.1, 0.15) is 0 Å². The van der Waals surface area contributed by atoms with E-state index in [0.29, 0.717) is 0 Å². The van der Waals surface area contributed by atoms with Crippen molar-refractivity contribution >= 4 is 9.73 Å². The summed E-state index contributed by atoms with van der Waals surface area (Å²) in [7, 11) is -2.31. The summed E-state index contributed by atoms with van der Waals surface area (Å²) in [6.07, 6.45) is 9.15. The zero-order valence-electron chi connectivity index (χ0n) is 8.46. The van der Waals surface area contributed by atoms with E-state index in [2.05, 4.69) is 4.36 Å². The summed E-state index contributed by atoms with van der Waals surface area (Å²) in [6, 6.07) is 10.1. The monoisotopic (exact) mass is 218 g/mol. The molecule has 2 nitrogen and oxygen atoms in total. The Morgan fingerprint density at radius 2 is 1.67 bits per heavy atom. The molecule has 1 saturated carbocycles. The van der Waals surface area contributed by atoms with E-state index in [4.69, 9.17) is 0 Å². The first-order valence-electron chi connectivity index (χ1n) is 4.67. The van der Waals surface area contributed by atoms with Crippen molar-refractivity contribution in [2.75, 3.05) is 6.26 Å². The van der Waals surface area contributed by atoms with E-state index in [1.165, 1.54) is 0 Å². The van der Waals surface area contributed by atoms with Gasteiger partial charge in [0.05, 0.1) is 9.73 Å². The van der Waals surface area contributed by atoms with Gasteiger partial charge in [-0.1, -0.05) is 18.2 Å². The molecule has 0 saturated heterocycles. The minimum absolute atomic E-state index is 0.770. The Bertz CT molecular complexity index is 426. The van der Waals surface area contributed by atoms with Crippen LogP contribution in [0.3, 0.4) is 0 Å². The number of hydrogen-bond donors (Lipinski definition) is 0. The van der Waals surface area contributed by atoms with Gasteiger partial charge in [-0.05, 0) is 37.8 Å². The number of rotatable bonds is 2. The molecule has 1 unspecified atom stereocenters. The second-order valence-electron chi connectivity index (χ2n) is 3.35. The lowest BCUT2D eigenvalue weighted by atomic mass is 10.3. The molecule has 1 atom stereocenters. The Labute approximate surface area is 91.9 Å². The second-order valence-corrected chi connectivity index (χ2v) is 5.61. The Balaban J connectivity index is 2.30. The van der Waals surface area contributed by atoms with Gasteiger partial charge < -0.3 is 0 Å². The van der Waals surface area contributed by atoms with E-state index in [-0.39, 0.29) is 0 Å². The zero-order valence-corrected chi connectivity index (χ0v) is 9.28. The maximum atomic E-state index is 12.3. The largest absolute Gasteiger partial charge is 0.245 e. The van der Waals surface area contributed by atoms with Crippen LogP contribution in [0.25, 0.3) is 0 Å². The lowest BCUT2D eigenvalue weighted by Crippen LogP contribution is -2.00. The molecule has 0 aromatic heterocycles. The first kappa shape index (κ1) is 10.7. The molecule has 0 amide bonds. The summed E-state index contributed by atoms with van der Waals surface area (Å²) in [5.41, 5.74) is 0. The Morgan fingerprint density at radius 1 is 1.07 bits per heavy atom. The topological polar surface area (TPSA) is 29.4 Å².